The van der Waals surface area contributed by atoms with Gasteiger partial charge in [-0.25, -0.2) is 4.79 Å². The van der Waals surface area contributed by atoms with Gasteiger partial charge in [0.2, 0.25) is 5.76 Å². The highest BCUT2D eigenvalue weighted by Gasteiger charge is 2.10. The normalized spacial score (nSPS) is 10.1. The molecule has 4 nitrogen and oxygen atoms in total. The molecule has 0 atom stereocenters. The zero-order valence-electron chi connectivity index (χ0n) is 11.3. The van der Waals surface area contributed by atoms with Crippen LogP contribution in [-0.4, -0.2) is 31.1 Å². The van der Waals surface area contributed by atoms with Crippen LogP contribution in [0, 0.1) is 0 Å². The second-order valence-corrected chi connectivity index (χ2v) is 4.34. The van der Waals surface area contributed by atoms with Crippen LogP contribution in [0.3, 0.4) is 0 Å². The summed E-state index contributed by atoms with van der Waals surface area (Å²) < 4.78 is 10.1. The first-order chi connectivity index (χ1) is 9.25. The summed E-state index contributed by atoms with van der Waals surface area (Å²) in [6.45, 7) is 1.86. The van der Waals surface area contributed by atoms with Crippen LogP contribution in [0.15, 0.2) is 53.1 Å². The van der Waals surface area contributed by atoms with E-state index in [-0.39, 0.29) is 18.2 Å². The third-order valence-electron chi connectivity index (χ3n) is 2.72. The van der Waals surface area contributed by atoms with Crippen molar-refractivity contribution in [1.29, 1.82) is 0 Å². The Morgan fingerprint density at radius 2 is 1.95 bits per heavy atom. The van der Waals surface area contributed by atoms with Gasteiger partial charge in [-0.15, -0.1) is 12.4 Å². The number of nitrogens with zero attached hydrogens (tertiary/aromatic N) is 1. The number of rotatable bonds is 6. The molecular weight excluding hydrogens is 278 g/mol. The fourth-order valence-electron chi connectivity index (χ4n) is 1.73. The van der Waals surface area contributed by atoms with Gasteiger partial charge in [-0.1, -0.05) is 30.3 Å². The molecule has 0 saturated carbocycles. The molecule has 0 bridgehead atoms. The van der Waals surface area contributed by atoms with Crippen LogP contribution in [0.5, 0.6) is 0 Å². The Labute approximate surface area is 124 Å². The quantitative estimate of drug-likeness (QED) is 0.768. The molecule has 2 rings (SSSR count). The average Bonchev–Trinajstić information content (AvgIpc) is 2.93. The van der Waals surface area contributed by atoms with E-state index in [0.29, 0.717) is 13.2 Å². The predicted molar refractivity (Wildman–Crippen MR) is 79.0 cm³/mol. The molecule has 0 aliphatic carbocycles. The van der Waals surface area contributed by atoms with E-state index in [1.807, 2.05) is 25.2 Å². The zero-order chi connectivity index (χ0) is 13.5. The number of esters is 1. The van der Waals surface area contributed by atoms with Gasteiger partial charge in [-0.3, -0.25) is 4.90 Å². The summed E-state index contributed by atoms with van der Waals surface area (Å²) >= 11 is 0. The van der Waals surface area contributed by atoms with Crippen molar-refractivity contribution < 1.29 is 13.9 Å². The van der Waals surface area contributed by atoms with Crippen molar-refractivity contribution in [1.82, 2.24) is 4.90 Å². The first-order valence-corrected chi connectivity index (χ1v) is 6.19. The van der Waals surface area contributed by atoms with Crippen molar-refractivity contribution in [2.75, 3.05) is 20.2 Å². The summed E-state index contributed by atoms with van der Waals surface area (Å²) in [7, 11) is 1.99. The smallest absolute Gasteiger partial charge is 0.374 e. The minimum Gasteiger partial charge on any atom is -0.458 e. The zero-order valence-corrected chi connectivity index (χ0v) is 12.1. The summed E-state index contributed by atoms with van der Waals surface area (Å²) in [4.78, 5) is 13.6. The number of halogens is 1. The van der Waals surface area contributed by atoms with Gasteiger partial charge in [0.15, 0.2) is 0 Å². The van der Waals surface area contributed by atoms with Gasteiger partial charge < -0.3 is 9.15 Å². The molecule has 5 heteroatoms. The number of hydrogen-bond acceptors (Lipinski definition) is 4. The molecule has 1 aromatic heterocycles. The SMILES string of the molecule is CN(CCOC(=O)c1ccco1)Cc1ccccc1.Cl. The minimum atomic E-state index is -0.418. The molecule has 0 fully saturated rings. The molecular formula is C15H18ClNO3. The molecule has 0 aliphatic rings. The van der Waals surface area contributed by atoms with E-state index in [1.54, 1.807) is 12.1 Å². The lowest BCUT2D eigenvalue weighted by molar-refractivity contribution is 0.0435. The fraction of sp³-hybridized carbons (Fsp3) is 0.267. The number of ether oxygens (including phenoxy) is 1. The number of carbonyl (C=O) groups excluding carboxylic acids is 1. The number of carbonyl (C=O) groups is 1. The third-order valence-corrected chi connectivity index (χ3v) is 2.72. The molecule has 0 unspecified atom stereocenters. The van der Waals surface area contributed by atoms with Gasteiger partial charge in [0.1, 0.15) is 6.61 Å². The van der Waals surface area contributed by atoms with Gasteiger partial charge in [0.25, 0.3) is 0 Å². The van der Waals surface area contributed by atoms with Crippen LogP contribution in [-0.2, 0) is 11.3 Å². The maximum absolute atomic E-state index is 11.5. The summed E-state index contributed by atoms with van der Waals surface area (Å²) in [5, 5.41) is 0. The van der Waals surface area contributed by atoms with E-state index in [2.05, 4.69) is 17.0 Å². The Morgan fingerprint density at radius 3 is 2.60 bits per heavy atom. The van der Waals surface area contributed by atoms with Crippen LogP contribution < -0.4 is 0 Å². The van der Waals surface area contributed by atoms with E-state index in [4.69, 9.17) is 9.15 Å². The molecule has 1 heterocycles. The summed E-state index contributed by atoms with van der Waals surface area (Å²) in [5.41, 5.74) is 1.24. The summed E-state index contributed by atoms with van der Waals surface area (Å²) in [5.74, 6) is -0.177. The van der Waals surface area contributed by atoms with E-state index in [1.165, 1.54) is 11.8 Å². The number of likely N-dealkylation sites (N-methyl/N-ethyl adjacent to an activating group) is 1. The molecule has 108 valence electrons. The molecule has 0 aliphatic heterocycles. The molecule has 0 spiro atoms. The van der Waals surface area contributed by atoms with Crippen LogP contribution in [0.1, 0.15) is 16.1 Å². The number of furan rings is 1. The highest BCUT2D eigenvalue weighted by atomic mass is 35.5. The van der Waals surface area contributed by atoms with E-state index >= 15 is 0 Å². The van der Waals surface area contributed by atoms with Gasteiger partial charge in [0, 0.05) is 13.1 Å². The van der Waals surface area contributed by atoms with Gasteiger partial charge in [-0.2, -0.15) is 0 Å². The van der Waals surface area contributed by atoms with Crippen LogP contribution >= 0.6 is 12.4 Å². The lowest BCUT2D eigenvalue weighted by Gasteiger charge is -2.16. The molecule has 0 radical (unpaired) electrons. The van der Waals surface area contributed by atoms with Crippen molar-refractivity contribution in [2.24, 2.45) is 0 Å². The molecule has 1 aromatic carbocycles. The van der Waals surface area contributed by atoms with Crippen LogP contribution in [0.25, 0.3) is 0 Å². The van der Waals surface area contributed by atoms with Gasteiger partial charge in [0.05, 0.1) is 6.26 Å². The Balaban J connectivity index is 0.00000200. The lowest BCUT2D eigenvalue weighted by atomic mass is 10.2. The monoisotopic (exact) mass is 295 g/mol. The summed E-state index contributed by atoms with van der Waals surface area (Å²) in [6.07, 6.45) is 1.46. The Bertz CT molecular complexity index is 499. The highest BCUT2D eigenvalue weighted by Crippen LogP contribution is 2.04. The second-order valence-electron chi connectivity index (χ2n) is 4.34. The van der Waals surface area contributed by atoms with Crippen molar-refractivity contribution >= 4 is 18.4 Å². The van der Waals surface area contributed by atoms with Gasteiger partial charge in [-0.05, 0) is 24.7 Å². The number of hydrogen-bond donors (Lipinski definition) is 0. The van der Waals surface area contributed by atoms with Crippen molar-refractivity contribution in [3.8, 4) is 0 Å². The topological polar surface area (TPSA) is 42.7 Å². The van der Waals surface area contributed by atoms with Gasteiger partial charge >= 0.3 is 5.97 Å². The largest absolute Gasteiger partial charge is 0.458 e. The highest BCUT2D eigenvalue weighted by molar-refractivity contribution is 5.86. The van der Waals surface area contributed by atoms with Crippen LogP contribution in [0.2, 0.25) is 0 Å². The molecule has 0 N–H and O–H groups in total. The van der Waals surface area contributed by atoms with Crippen molar-refractivity contribution in [3.05, 3.63) is 60.1 Å². The Morgan fingerprint density at radius 1 is 1.20 bits per heavy atom. The molecule has 0 amide bonds. The first kappa shape index (κ1) is 16.3. The molecule has 2 aromatic rings. The van der Waals surface area contributed by atoms with Crippen molar-refractivity contribution in [2.45, 2.75) is 6.54 Å². The predicted octanol–water partition coefficient (Wildman–Crippen LogP) is 2.99. The Hall–Kier alpha value is -1.78. The maximum Gasteiger partial charge on any atom is 0.374 e. The average molecular weight is 296 g/mol. The maximum atomic E-state index is 11.5. The van der Waals surface area contributed by atoms with E-state index < -0.39 is 5.97 Å². The fourth-order valence-corrected chi connectivity index (χ4v) is 1.73. The Kier molecular flexibility index (Phi) is 6.84. The van der Waals surface area contributed by atoms with E-state index in [9.17, 15) is 4.79 Å². The van der Waals surface area contributed by atoms with E-state index in [0.717, 1.165) is 6.54 Å². The standard InChI is InChI=1S/C15H17NO3.ClH/c1-16(12-13-6-3-2-4-7-13)9-11-19-15(17)14-8-5-10-18-14;/h2-8,10H,9,11-12H2,1H3;1H. The minimum absolute atomic E-state index is 0. The first-order valence-electron chi connectivity index (χ1n) is 6.19. The van der Waals surface area contributed by atoms with Crippen molar-refractivity contribution in [3.63, 3.8) is 0 Å². The lowest BCUT2D eigenvalue weighted by Crippen LogP contribution is -2.24. The summed E-state index contributed by atoms with van der Waals surface area (Å²) in [6, 6.07) is 13.4. The molecule has 0 saturated heterocycles. The second kappa shape index (κ2) is 8.40. The number of benzene rings is 1. The molecule has 20 heavy (non-hydrogen) atoms. The third kappa shape index (κ3) is 5.07. The van der Waals surface area contributed by atoms with Crippen LogP contribution in [0.4, 0.5) is 0 Å².